The summed E-state index contributed by atoms with van der Waals surface area (Å²) < 4.78 is 19.7. The van der Waals surface area contributed by atoms with Gasteiger partial charge in [-0.25, -0.2) is 4.39 Å². The molecule has 0 radical (unpaired) electrons. The zero-order valence-electron chi connectivity index (χ0n) is 16.7. The van der Waals surface area contributed by atoms with E-state index < -0.39 is 17.1 Å². The van der Waals surface area contributed by atoms with E-state index in [2.05, 4.69) is 26.6 Å². The number of carbonyl (C=O) groups is 2. The summed E-state index contributed by atoms with van der Waals surface area (Å²) in [6.45, 7) is 0. The van der Waals surface area contributed by atoms with Crippen molar-refractivity contribution in [2.75, 3.05) is 17.7 Å². The smallest absolute Gasteiger partial charge is 0.255 e. The van der Waals surface area contributed by atoms with E-state index in [4.69, 9.17) is 4.74 Å². The van der Waals surface area contributed by atoms with Gasteiger partial charge in [0, 0.05) is 15.7 Å². The van der Waals surface area contributed by atoms with Crippen LogP contribution in [0.1, 0.15) is 28.8 Å². The lowest BCUT2D eigenvalue weighted by Gasteiger charge is -2.17. The van der Waals surface area contributed by atoms with Crippen LogP contribution in [0.5, 0.6) is 5.75 Å². The van der Waals surface area contributed by atoms with E-state index in [1.54, 1.807) is 18.2 Å². The number of rotatable bonds is 6. The van der Waals surface area contributed by atoms with Gasteiger partial charge in [-0.2, -0.15) is 0 Å². The molecule has 0 unspecified atom stereocenters. The molecule has 4 rings (SSSR count). The van der Waals surface area contributed by atoms with Gasteiger partial charge in [-0.1, -0.05) is 34.1 Å². The molecule has 0 saturated heterocycles. The van der Waals surface area contributed by atoms with Crippen molar-refractivity contribution in [2.45, 2.75) is 18.3 Å². The predicted molar refractivity (Wildman–Crippen MR) is 121 cm³/mol. The van der Waals surface area contributed by atoms with Gasteiger partial charge < -0.3 is 15.4 Å². The Morgan fingerprint density at radius 3 is 2.45 bits per heavy atom. The van der Waals surface area contributed by atoms with E-state index >= 15 is 0 Å². The molecule has 0 heterocycles. The Morgan fingerprint density at radius 2 is 1.77 bits per heavy atom. The van der Waals surface area contributed by atoms with Crippen LogP contribution in [0.25, 0.3) is 0 Å². The van der Waals surface area contributed by atoms with Crippen molar-refractivity contribution in [1.82, 2.24) is 0 Å². The predicted octanol–water partition coefficient (Wildman–Crippen LogP) is 5.52. The van der Waals surface area contributed by atoms with E-state index in [0.717, 1.165) is 28.9 Å². The highest BCUT2D eigenvalue weighted by molar-refractivity contribution is 9.10. The number of ether oxygens (including phenoxy) is 1. The van der Waals surface area contributed by atoms with E-state index in [0.29, 0.717) is 17.1 Å². The summed E-state index contributed by atoms with van der Waals surface area (Å²) >= 11 is 3.46. The topological polar surface area (TPSA) is 67.4 Å². The molecule has 0 aliphatic heterocycles. The van der Waals surface area contributed by atoms with Crippen LogP contribution in [-0.4, -0.2) is 18.9 Å². The molecule has 0 aromatic heterocycles. The first-order chi connectivity index (χ1) is 14.9. The second-order valence-electron chi connectivity index (χ2n) is 7.43. The fourth-order valence-corrected chi connectivity index (χ4v) is 3.92. The molecule has 1 saturated carbocycles. The summed E-state index contributed by atoms with van der Waals surface area (Å²) in [4.78, 5) is 25.6. The van der Waals surface area contributed by atoms with Crippen molar-refractivity contribution in [3.63, 3.8) is 0 Å². The minimum atomic E-state index is -0.547. The summed E-state index contributed by atoms with van der Waals surface area (Å²) in [5.74, 6) is -0.647. The lowest BCUT2D eigenvalue weighted by atomic mass is 9.95. The summed E-state index contributed by atoms with van der Waals surface area (Å²) in [5.41, 5.74) is 1.51. The second-order valence-corrected chi connectivity index (χ2v) is 8.34. The summed E-state index contributed by atoms with van der Waals surface area (Å²) in [5, 5.41) is 5.68. The zero-order chi connectivity index (χ0) is 22.0. The van der Waals surface area contributed by atoms with Gasteiger partial charge in [0.1, 0.15) is 11.6 Å². The molecule has 7 heteroatoms. The van der Waals surface area contributed by atoms with Crippen LogP contribution in [0.4, 0.5) is 15.8 Å². The van der Waals surface area contributed by atoms with Crippen LogP contribution in [0, 0.1) is 5.82 Å². The largest absolute Gasteiger partial charge is 0.495 e. The van der Waals surface area contributed by atoms with Crippen LogP contribution in [-0.2, 0) is 10.2 Å². The molecule has 0 spiro atoms. The quantitative estimate of drug-likeness (QED) is 0.485. The lowest BCUT2D eigenvalue weighted by Crippen LogP contribution is -2.27. The highest BCUT2D eigenvalue weighted by Crippen LogP contribution is 2.49. The molecule has 158 valence electrons. The first kappa shape index (κ1) is 21.1. The normalized spacial score (nSPS) is 13.9. The van der Waals surface area contributed by atoms with Crippen molar-refractivity contribution in [3.8, 4) is 5.75 Å². The summed E-state index contributed by atoms with van der Waals surface area (Å²) in [6, 6.07) is 18.2. The standard InChI is InChI=1S/C24H20BrFN2O3/c1-31-21-9-8-19(14-20(21)28-22(29)15-4-2-7-18(26)12-15)27-23(30)24(10-11-24)16-5-3-6-17(25)13-16/h2-9,12-14H,10-11H2,1H3,(H,27,30)(H,28,29). The van der Waals surface area contributed by atoms with Crippen LogP contribution in [0.2, 0.25) is 0 Å². The van der Waals surface area contributed by atoms with Gasteiger partial charge in [0.15, 0.2) is 0 Å². The Morgan fingerprint density at radius 1 is 1.00 bits per heavy atom. The number of benzene rings is 3. The lowest BCUT2D eigenvalue weighted by molar-refractivity contribution is -0.118. The van der Waals surface area contributed by atoms with Crippen molar-refractivity contribution in [3.05, 3.63) is 88.1 Å². The molecule has 2 N–H and O–H groups in total. The second kappa shape index (κ2) is 8.51. The highest BCUT2D eigenvalue weighted by Gasteiger charge is 2.51. The van der Waals surface area contributed by atoms with Gasteiger partial charge in [0.2, 0.25) is 5.91 Å². The molecule has 0 atom stereocenters. The average Bonchev–Trinajstić information content (AvgIpc) is 3.56. The number of nitrogens with one attached hydrogen (secondary N) is 2. The van der Waals surface area contributed by atoms with Gasteiger partial charge in [-0.15, -0.1) is 0 Å². The van der Waals surface area contributed by atoms with Gasteiger partial charge >= 0.3 is 0 Å². The van der Waals surface area contributed by atoms with Crippen LogP contribution in [0.15, 0.2) is 71.2 Å². The first-order valence-electron chi connectivity index (χ1n) is 9.74. The Kier molecular flexibility index (Phi) is 5.78. The zero-order valence-corrected chi connectivity index (χ0v) is 18.3. The van der Waals surface area contributed by atoms with Gasteiger partial charge in [-0.05, 0) is 66.9 Å². The monoisotopic (exact) mass is 482 g/mol. The van der Waals surface area contributed by atoms with Crippen LogP contribution >= 0.6 is 15.9 Å². The maximum absolute atomic E-state index is 13.4. The number of carbonyl (C=O) groups excluding carboxylic acids is 2. The minimum absolute atomic E-state index is 0.0989. The van der Waals surface area contributed by atoms with E-state index in [-0.39, 0.29) is 11.5 Å². The molecule has 3 aromatic carbocycles. The maximum atomic E-state index is 13.4. The van der Waals surface area contributed by atoms with E-state index in [9.17, 15) is 14.0 Å². The van der Waals surface area contributed by atoms with Gasteiger partial charge in [-0.3, -0.25) is 9.59 Å². The van der Waals surface area contributed by atoms with Crippen LogP contribution in [0.3, 0.4) is 0 Å². The maximum Gasteiger partial charge on any atom is 0.255 e. The molecule has 2 amide bonds. The third-order valence-corrected chi connectivity index (χ3v) is 5.85. The van der Waals surface area contributed by atoms with Crippen molar-refractivity contribution in [1.29, 1.82) is 0 Å². The Bertz CT molecular complexity index is 1160. The number of hydrogen-bond donors (Lipinski definition) is 2. The van der Waals surface area contributed by atoms with Crippen molar-refractivity contribution in [2.24, 2.45) is 0 Å². The molecular weight excluding hydrogens is 463 g/mol. The Hall–Kier alpha value is -3.19. The van der Waals surface area contributed by atoms with E-state index in [1.807, 2.05) is 24.3 Å². The Balaban J connectivity index is 1.55. The molecule has 1 aliphatic rings. The average molecular weight is 483 g/mol. The fourth-order valence-electron chi connectivity index (χ4n) is 3.52. The molecule has 1 fully saturated rings. The van der Waals surface area contributed by atoms with Gasteiger partial charge in [0.25, 0.3) is 5.91 Å². The first-order valence-corrected chi connectivity index (χ1v) is 10.5. The number of amides is 2. The molecule has 5 nitrogen and oxygen atoms in total. The van der Waals surface area contributed by atoms with Crippen molar-refractivity contribution < 1.29 is 18.7 Å². The van der Waals surface area contributed by atoms with E-state index in [1.165, 1.54) is 25.3 Å². The number of halogens is 2. The third kappa shape index (κ3) is 4.46. The fraction of sp³-hybridized carbons (Fsp3) is 0.167. The molecule has 3 aromatic rings. The third-order valence-electron chi connectivity index (χ3n) is 5.35. The van der Waals surface area contributed by atoms with Crippen LogP contribution < -0.4 is 15.4 Å². The highest BCUT2D eigenvalue weighted by atomic mass is 79.9. The minimum Gasteiger partial charge on any atom is -0.495 e. The molecular formula is C24H20BrFN2O3. The molecule has 1 aliphatic carbocycles. The Labute approximate surface area is 187 Å². The number of hydrogen-bond acceptors (Lipinski definition) is 3. The summed E-state index contributed by atoms with van der Waals surface area (Å²) in [6.07, 6.45) is 1.54. The van der Waals surface area contributed by atoms with Gasteiger partial charge in [0.05, 0.1) is 18.2 Å². The summed E-state index contributed by atoms with van der Waals surface area (Å²) in [7, 11) is 1.48. The number of methoxy groups -OCH3 is 1. The molecule has 31 heavy (non-hydrogen) atoms. The van der Waals surface area contributed by atoms with Crippen molar-refractivity contribution >= 4 is 39.1 Å². The molecule has 0 bridgehead atoms. The SMILES string of the molecule is COc1ccc(NC(=O)C2(c3cccc(Br)c3)CC2)cc1NC(=O)c1cccc(F)c1. The number of anilines is 2.